The third kappa shape index (κ3) is 4.33. The Labute approximate surface area is 98.9 Å². The molecule has 0 aromatic heterocycles. The smallest absolute Gasteiger partial charge is 0.422 e. The molecule has 0 aromatic carbocycles. The summed E-state index contributed by atoms with van der Waals surface area (Å²) in [5.74, 6) is -0.623. The average molecular weight is 273 g/mol. The fraction of sp³-hybridized carbons (Fsp3) is 0.750. The quantitative estimate of drug-likeness (QED) is 0.818. The molecule has 0 saturated carbocycles. The summed E-state index contributed by atoms with van der Waals surface area (Å²) in [6.45, 7) is -1.64. The highest BCUT2D eigenvalue weighted by molar-refractivity contribution is 7.99. The van der Waals surface area contributed by atoms with E-state index < -0.39 is 30.9 Å². The summed E-state index contributed by atoms with van der Waals surface area (Å²) in [5, 5.41) is 8.80. The Bertz CT molecular complexity index is 310. The van der Waals surface area contributed by atoms with Crippen LogP contribution in [0.4, 0.5) is 18.0 Å². The number of carboxylic acid groups (broad SMARTS) is 1. The largest absolute Gasteiger partial charge is 0.480 e. The van der Waals surface area contributed by atoms with Gasteiger partial charge in [-0.1, -0.05) is 0 Å². The lowest BCUT2D eigenvalue weighted by Gasteiger charge is -2.31. The van der Waals surface area contributed by atoms with E-state index >= 15 is 0 Å². The van der Waals surface area contributed by atoms with Crippen molar-refractivity contribution in [2.75, 3.05) is 24.7 Å². The third-order valence-electron chi connectivity index (χ3n) is 2.01. The average Bonchev–Trinajstić information content (AvgIpc) is 2.25. The van der Waals surface area contributed by atoms with Gasteiger partial charge in [-0.05, 0) is 0 Å². The molecule has 1 unspecified atom stereocenters. The number of alkyl halides is 3. The minimum atomic E-state index is -4.61. The van der Waals surface area contributed by atoms with E-state index in [-0.39, 0.29) is 12.3 Å². The lowest BCUT2D eigenvalue weighted by molar-refractivity contribution is -0.163. The Morgan fingerprint density at radius 1 is 1.47 bits per heavy atom. The summed E-state index contributed by atoms with van der Waals surface area (Å²) in [6, 6.07) is -1.13. The molecule has 0 radical (unpaired) electrons. The van der Waals surface area contributed by atoms with Gasteiger partial charge in [0.15, 0.2) is 6.61 Å². The first kappa shape index (κ1) is 13.9. The van der Waals surface area contributed by atoms with Gasteiger partial charge in [-0.3, -0.25) is 4.90 Å². The van der Waals surface area contributed by atoms with Gasteiger partial charge >= 0.3 is 18.2 Å². The molecule has 1 heterocycles. The maximum absolute atomic E-state index is 11.8. The fourth-order valence-electron chi connectivity index (χ4n) is 1.25. The molecular formula is C8H10F3NO4S. The molecule has 1 aliphatic heterocycles. The summed E-state index contributed by atoms with van der Waals surface area (Å²) in [7, 11) is 0. The maximum atomic E-state index is 11.8. The van der Waals surface area contributed by atoms with Crippen LogP contribution >= 0.6 is 11.8 Å². The summed E-state index contributed by atoms with van der Waals surface area (Å²) < 4.78 is 39.5. The van der Waals surface area contributed by atoms with Gasteiger partial charge in [-0.15, -0.1) is 0 Å². The van der Waals surface area contributed by atoms with E-state index in [4.69, 9.17) is 5.11 Å². The second-order valence-electron chi connectivity index (χ2n) is 3.29. The SMILES string of the molecule is O=C(O)C1CSCCN1C(=O)OCC(F)(F)F. The molecule has 1 aliphatic rings. The Balaban J connectivity index is 2.56. The van der Waals surface area contributed by atoms with Crippen molar-refractivity contribution in [1.29, 1.82) is 0 Å². The Morgan fingerprint density at radius 2 is 2.12 bits per heavy atom. The van der Waals surface area contributed by atoms with Crippen LogP contribution in [0.25, 0.3) is 0 Å². The zero-order valence-corrected chi connectivity index (χ0v) is 9.38. The molecule has 0 bridgehead atoms. The third-order valence-corrected chi connectivity index (χ3v) is 3.03. The van der Waals surface area contributed by atoms with Crippen molar-refractivity contribution in [1.82, 2.24) is 4.90 Å². The normalized spacial score (nSPS) is 21.1. The number of hydrogen-bond donors (Lipinski definition) is 1. The molecule has 1 fully saturated rings. The number of carbonyl (C=O) groups is 2. The lowest BCUT2D eigenvalue weighted by Crippen LogP contribution is -2.50. The highest BCUT2D eigenvalue weighted by Gasteiger charge is 2.36. The predicted molar refractivity (Wildman–Crippen MR) is 52.9 cm³/mol. The Kier molecular flexibility index (Phi) is 4.49. The topological polar surface area (TPSA) is 66.8 Å². The van der Waals surface area contributed by atoms with Crippen LogP contribution in [0.5, 0.6) is 0 Å². The van der Waals surface area contributed by atoms with Crippen LogP contribution in [-0.4, -0.2) is 58.9 Å². The van der Waals surface area contributed by atoms with E-state index in [0.717, 1.165) is 4.90 Å². The summed E-state index contributed by atoms with van der Waals surface area (Å²) in [4.78, 5) is 22.9. The first-order valence-corrected chi connectivity index (χ1v) is 5.77. The van der Waals surface area contributed by atoms with Crippen molar-refractivity contribution >= 4 is 23.8 Å². The monoisotopic (exact) mass is 273 g/mol. The number of rotatable bonds is 2. The first-order chi connectivity index (χ1) is 7.81. The molecule has 5 nitrogen and oxygen atoms in total. The number of amides is 1. The van der Waals surface area contributed by atoms with E-state index in [2.05, 4.69) is 4.74 Å². The van der Waals surface area contributed by atoms with Crippen molar-refractivity contribution in [3.63, 3.8) is 0 Å². The molecule has 0 aliphatic carbocycles. The molecule has 98 valence electrons. The number of halogens is 3. The summed E-state index contributed by atoms with van der Waals surface area (Å²) >= 11 is 1.32. The van der Waals surface area contributed by atoms with Crippen LogP contribution in [-0.2, 0) is 9.53 Å². The number of carboxylic acids is 1. The zero-order valence-electron chi connectivity index (χ0n) is 8.57. The van der Waals surface area contributed by atoms with Gasteiger partial charge in [0.1, 0.15) is 6.04 Å². The number of hydrogen-bond acceptors (Lipinski definition) is 4. The van der Waals surface area contributed by atoms with E-state index in [1.807, 2.05) is 0 Å². The van der Waals surface area contributed by atoms with Crippen LogP contribution in [0, 0.1) is 0 Å². The number of nitrogens with zero attached hydrogens (tertiary/aromatic N) is 1. The van der Waals surface area contributed by atoms with E-state index in [1.165, 1.54) is 11.8 Å². The van der Waals surface area contributed by atoms with Crippen LogP contribution in [0.2, 0.25) is 0 Å². The molecule has 0 spiro atoms. The number of thioether (sulfide) groups is 1. The van der Waals surface area contributed by atoms with Crippen molar-refractivity contribution in [2.45, 2.75) is 12.2 Å². The van der Waals surface area contributed by atoms with Crippen LogP contribution in [0.3, 0.4) is 0 Å². The highest BCUT2D eigenvalue weighted by Crippen LogP contribution is 2.19. The number of carbonyl (C=O) groups excluding carboxylic acids is 1. The van der Waals surface area contributed by atoms with Gasteiger partial charge < -0.3 is 9.84 Å². The molecule has 1 amide bonds. The Hall–Kier alpha value is -1.12. The molecule has 1 rings (SSSR count). The lowest BCUT2D eigenvalue weighted by atomic mass is 10.3. The molecule has 9 heteroatoms. The van der Waals surface area contributed by atoms with E-state index in [1.54, 1.807) is 0 Å². The van der Waals surface area contributed by atoms with Crippen molar-refractivity contribution in [3.8, 4) is 0 Å². The fourth-order valence-corrected chi connectivity index (χ4v) is 2.29. The molecule has 1 N–H and O–H groups in total. The van der Waals surface area contributed by atoms with Crippen molar-refractivity contribution < 1.29 is 32.6 Å². The predicted octanol–water partition coefficient (Wildman–Crippen LogP) is 1.19. The highest BCUT2D eigenvalue weighted by atomic mass is 32.2. The van der Waals surface area contributed by atoms with Gasteiger partial charge in [0.25, 0.3) is 0 Å². The molecule has 1 saturated heterocycles. The van der Waals surface area contributed by atoms with E-state index in [9.17, 15) is 22.8 Å². The minimum absolute atomic E-state index is 0.0678. The molecule has 17 heavy (non-hydrogen) atoms. The zero-order chi connectivity index (χ0) is 13.1. The number of aliphatic carboxylic acids is 1. The van der Waals surface area contributed by atoms with Crippen molar-refractivity contribution in [2.24, 2.45) is 0 Å². The second kappa shape index (κ2) is 5.48. The van der Waals surface area contributed by atoms with Gasteiger partial charge in [0.05, 0.1) is 0 Å². The summed E-state index contributed by atoms with van der Waals surface area (Å²) in [5.41, 5.74) is 0. The van der Waals surface area contributed by atoms with Gasteiger partial charge in [0.2, 0.25) is 0 Å². The van der Waals surface area contributed by atoms with Gasteiger partial charge in [0, 0.05) is 18.1 Å². The molecule has 0 aromatic rings. The van der Waals surface area contributed by atoms with Crippen LogP contribution in [0.1, 0.15) is 0 Å². The van der Waals surface area contributed by atoms with Crippen molar-refractivity contribution in [3.05, 3.63) is 0 Å². The minimum Gasteiger partial charge on any atom is -0.480 e. The van der Waals surface area contributed by atoms with Crippen LogP contribution < -0.4 is 0 Å². The van der Waals surface area contributed by atoms with Crippen LogP contribution in [0.15, 0.2) is 0 Å². The van der Waals surface area contributed by atoms with Gasteiger partial charge in [-0.25, -0.2) is 9.59 Å². The maximum Gasteiger partial charge on any atom is 0.422 e. The number of ether oxygens (including phenoxy) is 1. The standard InChI is InChI=1S/C8H10F3NO4S/c9-8(10,11)4-16-7(15)12-1-2-17-3-5(12)6(13)14/h5H,1-4H2,(H,13,14). The first-order valence-electron chi connectivity index (χ1n) is 4.62. The second-order valence-corrected chi connectivity index (χ2v) is 4.44. The molecule has 1 atom stereocenters. The Morgan fingerprint density at radius 3 is 2.65 bits per heavy atom. The van der Waals surface area contributed by atoms with Gasteiger partial charge in [-0.2, -0.15) is 24.9 Å². The molecular weight excluding hydrogens is 263 g/mol. The van der Waals surface area contributed by atoms with E-state index in [0.29, 0.717) is 5.75 Å². The summed E-state index contributed by atoms with van der Waals surface area (Å²) in [6.07, 6.45) is -5.85.